The van der Waals surface area contributed by atoms with Crippen molar-refractivity contribution in [2.45, 2.75) is 88.0 Å². The molecule has 184 valence electrons. The number of aliphatic hydroxyl groups excluding tert-OH is 2. The number of amides is 2. The first kappa shape index (κ1) is 23.4. The van der Waals surface area contributed by atoms with Crippen LogP contribution in [-0.2, 0) is 9.59 Å². The number of carbonyl (C=O) groups excluding carboxylic acids is 2. The number of hydrogen-bond donors (Lipinski definition) is 3. The monoisotopic (exact) mass is 468 g/mol. The number of hydrogen-bond acceptors (Lipinski definition) is 5. The van der Waals surface area contributed by atoms with Gasteiger partial charge in [0, 0.05) is 29.6 Å². The predicted molar refractivity (Wildman–Crippen MR) is 127 cm³/mol. The van der Waals surface area contributed by atoms with Gasteiger partial charge in [-0.3, -0.25) is 9.59 Å². The van der Waals surface area contributed by atoms with E-state index >= 15 is 0 Å². The van der Waals surface area contributed by atoms with E-state index in [-0.39, 0.29) is 36.9 Å². The maximum Gasteiger partial charge on any atom is 0.247 e. The third-order valence-electron chi connectivity index (χ3n) is 8.13. The lowest BCUT2D eigenvalue weighted by Gasteiger charge is -2.46. The minimum Gasteiger partial charge on any atom is -0.486 e. The summed E-state index contributed by atoms with van der Waals surface area (Å²) in [6.45, 7) is -0.00273. The molecule has 2 saturated carbocycles. The van der Waals surface area contributed by atoms with Crippen LogP contribution in [0.1, 0.15) is 69.3 Å². The lowest BCUT2D eigenvalue weighted by Crippen LogP contribution is -2.59. The first-order chi connectivity index (χ1) is 16.6. The van der Waals surface area contributed by atoms with Crippen molar-refractivity contribution in [1.82, 2.24) is 10.2 Å². The van der Waals surface area contributed by atoms with Crippen molar-refractivity contribution in [1.29, 1.82) is 0 Å². The smallest absolute Gasteiger partial charge is 0.247 e. The van der Waals surface area contributed by atoms with Crippen LogP contribution in [0.25, 0.3) is 0 Å². The van der Waals surface area contributed by atoms with Crippen LogP contribution in [0.15, 0.2) is 35.9 Å². The van der Waals surface area contributed by atoms with Crippen LogP contribution in [0.3, 0.4) is 0 Å². The van der Waals surface area contributed by atoms with E-state index in [9.17, 15) is 19.8 Å². The van der Waals surface area contributed by atoms with Crippen molar-refractivity contribution in [2.75, 3.05) is 13.2 Å². The molecule has 3 aliphatic carbocycles. The Morgan fingerprint density at radius 1 is 1.03 bits per heavy atom. The summed E-state index contributed by atoms with van der Waals surface area (Å²) in [4.78, 5) is 28.9. The molecule has 7 heteroatoms. The lowest BCUT2D eigenvalue weighted by atomic mass is 9.76. The molecule has 4 aliphatic rings. The normalized spacial score (nSPS) is 29.1. The fourth-order valence-electron chi connectivity index (χ4n) is 6.13. The number of fused-ring (bicyclic) bond motifs is 3. The molecule has 1 aromatic rings. The molecule has 0 bridgehead atoms. The van der Waals surface area contributed by atoms with Gasteiger partial charge in [-0.25, -0.2) is 0 Å². The second-order valence-electron chi connectivity index (χ2n) is 10.2. The second kappa shape index (κ2) is 10.1. The zero-order chi connectivity index (χ0) is 23.7. The highest BCUT2D eigenvalue weighted by Crippen LogP contribution is 2.48. The highest BCUT2D eigenvalue weighted by atomic mass is 16.5. The summed E-state index contributed by atoms with van der Waals surface area (Å²) in [5.74, 6) is 0.107. The Bertz CT molecular complexity index is 935. The summed E-state index contributed by atoms with van der Waals surface area (Å²) >= 11 is 0. The third kappa shape index (κ3) is 4.24. The zero-order valence-corrected chi connectivity index (χ0v) is 19.7. The number of carbonyl (C=O) groups is 2. The summed E-state index contributed by atoms with van der Waals surface area (Å²) in [5, 5.41) is 23.7. The van der Waals surface area contributed by atoms with Gasteiger partial charge in [-0.15, -0.1) is 0 Å². The fourth-order valence-corrected chi connectivity index (χ4v) is 6.13. The number of benzene rings is 1. The summed E-state index contributed by atoms with van der Waals surface area (Å²) in [6.07, 6.45) is 9.45. The molecule has 0 saturated heterocycles. The van der Waals surface area contributed by atoms with Gasteiger partial charge in [-0.05, 0) is 37.8 Å². The first-order valence-electron chi connectivity index (χ1n) is 13.0. The summed E-state index contributed by atoms with van der Waals surface area (Å²) in [6, 6.07) is 7.04. The molecule has 1 heterocycles. The van der Waals surface area contributed by atoms with E-state index in [1.165, 1.54) is 12.8 Å². The summed E-state index contributed by atoms with van der Waals surface area (Å²) in [7, 11) is 0. The molecule has 1 aromatic carbocycles. The molecular weight excluding hydrogens is 432 g/mol. The molecule has 2 amide bonds. The van der Waals surface area contributed by atoms with E-state index in [1.54, 1.807) is 0 Å². The van der Waals surface area contributed by atoms with E-state index in [1.807, 2.05) is 35.2 Å². The maximum atomic E-state index is 13.8. The van der Waals surface area contributed by atoms with Gasteiger partial charge in [0.05, 0.1) is 18.6 Å². The Labute approximate surface area is 201 Å². The van der Waals surface area contributed by atoms with Gasteiger partial charge >= 0.3 is 0 Å². The molecule has 1 aliphatic heterocycles. The average molecular weight is 469 g/mol. The number of aliphatic hydroxyl groups is 2. The van der Waals surface area contributed by atoms with Crippen molar-refractivity contribution in [3.05, 3.63) is 41.5 Å². The number of rotatable bonds is 6. The molecule has 5 rings (SSSR count). The van der Waals surface area contributed by atoms with Crippen LogP contribution in [0.2, 0.25) is 0 Å². The van der Waals surface area contributed by atoms with Crippen LogP contribution < -0.4 is 10.1 Å². The molecular formula is C27H36N2O5. The molecule has 0 aromatic heterocycles. The Hall–Kier alpha value is -2.38. The van der Waals surface area contributed by atoms with E-state index in [0.717, 1.165) is 50.5 Å². The topological polar surface area (TPSA) is 99.1 Å². The fraction of sp³-hybridized carbons (Fsp3) is 0.630. The maximum absolute atomic E-state index is 13.8. The minimum absolute atomic E-state index is 0.00920. The minimum atomic E-state index is -0.931. The van der Waals surface area contributed by atoms with E-state index < -0.39 is 24.2 Å². The van der Waals surface area contributed by atoms with E-state index in [0.29, 0.717) is 11.3 Å². The van der Waals surface area contributed by atoms with Gasteiger partial charge in [-0.1, -0.05) is 50.3 Å². The standard InChI is InChI=1S/C27H36N2O5/c30-15-14-28-26(32)20-16-21(24(31)25-23(20)19-12-5-6-13-22(19)34-25)29(27(33)17-8-7-9-17)18-10-3-1-2-4-11-18/h5-6,12-13,16-18,21,23-25,30-31H,1-4,7-11,14-15H2,(H,28,32)/t21-,23+,24+,25+/m1/s1. The highest BCUT2D eigenvalue weighted by molar-refractivity contribution is 5.96. The molecule has 0 spiro atoms. The zero-order valence-electron chi connectivity index (χ0n) is 19.7. The van der Waals surface area contributed by atoms with Gasteiger partial charge in [0.2, 0.25) is 11.8 Å². The Balaban J connectivity index is 1.54. The average Bonchev–Trinajstić information content (AvgIpc) is 2.99. The van der Waals surface area contributed by atoms with Crippen molar-refractivity contribution in [3.63, 3.8) is 0 Å². The van der Waals surface area contributed by atoms with Crippen molar-refractivity contribution in [2.24, 2.45) is 5.92 Å². The molecule has 34 heavy (non-hydrogen) atoms. The Morgan fingerprint density at radius 3 is 2.44 bits per heavy atom. The van der Waals surface area contributed by atoms with E-state index in [2.05, 4.69) is 5.32 Å². The molecule has 0 unspecified atom stereocenters. The number of para-hydroxylation sites is 1. The number of nitrogens with one attached hydrogen (secondary N) is 1. The van der Waals surface area contributed by atoms with E-state index in [4.69, 9.17) is 4.74 Å². The van der Waals surface area contributed by atoms with Crippen molar-refractivity contribution >= 4 is 11.8 Å². The van der Waals surface area contributed by atoms with Gasteiger partial charge < -0.3 is 25.2 Å². The molecule has 3 N–H and O–H groups in total. The quantitative estimate of drug-likeness (QED) is 0.558. The summed E-state index contributed by atoms with van der Waals surface area (Å²) in [5.41, 5.74) is 1.39. The highest BCUT2D eigenvalue weighted by Gasteiger charge is 2.52. The van der Waals surface area contributed by atoms with Gasteiger partial charge in [-0.2, -0.15) is 0 Å². The molecule has 7 nitrogen and oxygen atoms in total. The molecule has 0 radical (unpaired) electrons. The largest absolute Gasteiger partial charge is 0.486 e. The van der Waals surface area contributed by atoms with Crippen molar-refractivity contribution < 1.29 is 24.5 Å². The summed E-state index contributed by atoms with van der Waals surface area (Å²) < 4.78 is 6.22. The van der Waals surface area contributed by atoms with Crippen LogP contribution in [0.5, 0.6) is 5.75 Å². The van der Waals surface area contributed by atoms with Crippen molar-refractivity contribution in [3.8, 4) is 5.75 Å². The SMILES string of the molecule is O=C(NCCO)C1=C[C@@H](N(C(=O)C2CCC2)C2CCCCCC2)[C@H](O)[C@H]2Oc3ccccc3[C@@H]12. The molecule has 2 fully saturated rings. The molecule has 4 atom stereocenters. The van der Waals surface area contributed by atoms with Gasteiger partial charge in [0.1, 0.15) is 18.0 Å². The predicted octanol–water partition coefficient (Wildman–Crippen LogP) is 2.66. The van der Waals surface area contributed by atoms with Gasteiger partial charge in [0.15, 0.2) is 0 Å². The first-order valence-corrected chi connectivity index (χ1v) is 13.0. The number of nitrogens with zero attached hydrogens (tertiary/aromatic N) is 1. The van der Waals surface area contributed by atoms with Crippen LogP contribution >= 0.6 is 0 Å². The third-order valence-corrected chi connectivity index (χ3v) is 8.13. The Kier molecular flexibility index (Phi) is 6.93. The van der Waals surface area contributed by atoms with Gasteiger partial charge in [0.25, 0.3) is 0 Å². The number of ether oxygens (including phenoxy) is 1. The Morgan fingerprint density at radius 2 is 1.76 bits per heavy atom. The van der Waals surface area contributed by atoms with Crippen LogP contribution in [0, 0.1) is 5.92 Å². The second-order valence-corrected chi connectivity index (χ2v) is 10.2. The van der Waals surface area contributed by atoms with Crippen LogP contribution in [-0.4, -0.2) is 64.4 Å². The lowest BCUT2D eigenvalue weighted by molar-refractivity contribution is -0.147. The van der Waals surface area contributed by atoms with Crippen LogP contribution in [0.4, 0.5) is 0 Å².